The minimum atomic E-state index is -0.780. The summed E-state index contributed by atoms with van der Waals surface area (Å²) in [5, 5.41) is 30.2. The van der Waals surface area contributed by atoms with Crippen molar-refractivity contribution in [3.05, 3.63) is 29.3 Å². The molecule has 0 saturated heterocycles. The highest BCUT2D eigenvalue weighted by atomic mass is 16.6. The summed E-state index contributed by atoms with van der Waals surface area (Å²) in [6.07, 6.45) is 8.84. The molecule has 2 saturated carbocycles. The van der Waals surface area contributed by atoms with Gasteiger partial charge in [0.05, 0.1) is 24.7 Å². The largest absolute Gasteiger partial charge is 0.482 e. The fourth-order valence-electron chi connectivity index (χ4n) is 6.56. The number of carboxylic acids is 1. The fraction of sp³-hybridized carbons (Fsp3) is 0.724. The second-order valence-corrected chi connectivity index (χ2v) is 11.3. The molecule has 7 heteroatoms. The Morgan fingerprint density at radius 3 is 2.67 bits per heavy atom. The third-order valence-electron chi connectivity index (χ3n) is 8.73. The molecule has 7 nitrogen and oxygen atoms in total. The summed E-state index contributed by atoms with van der Waals surface area (Å²) in [5.74, 6) is 0.314. The second kappa shape index (κ2) is 12.4. The zero-order valence-electron chi connectivity index (χ0n) is 21.4. The van der Waals surface area contributed by atoms with Crippen LogP contribution in [0.4, 0.5) is 0 Å². The van der Waals surface area contributed by atoms with E-state index >= 15 is 0 Å². The van der Waals surface area contributed by atoms with Gasteiger partial charge in [0.25, 0.3) is 0 Å². The van der Waals surface area contributed by atoms with E-state index in [2.05, 4.69) is 13.0 Å². The fourth-order valence-corrected chi connectivity index (χ4v) is 6.56. The van der Waals surface area contributed by atoms with Gasteiger partial charge in [0.15, 0.2) is 6.61 Å². The number of fused-ring (bicyclic) bond motifs is 2. The lowest BCUT2D eigenvalue weighted by Gasteiger charge is -2.32. The normalized spacial score (nSPS) is 29.5. The number of aliphatic hydroxyl groups is 2. The predicted molar refractivity (Wildman–Crippen MR) is 135 cm³/mol. The van der Waals surface area contributed by atoms with Crippen molar-refractivity contribution in [3.8, 4) is 5.75 Å². The molecule has 3 aliphatic rings. The maximum Gasteiger partial charge on any atom is 0.344 e. The van der Waals surface area contributed by atoms with E-state index in [0.29, 0.717) is 30.4 Å². The van der Waals surface area contributed by atoms with Crippen LogP contribution in [0, 0.1) is 29.6 Å². The summed E-state index contributed by atoms with van der Waals surface area (Å²) < 4.78 is 11.2. The zero-order chi connectivity index (χ0) is 25.7. The second-order valence-electron chi connectivity index (χ2n) is 11.3. The van der Waals surface area contributed by atoms with Crippen LogP contribution in [0.2, 0.25) is 0 Å². The van der Waals surface area contributed by atoms with Gasteiger partial charge in [-0.15, -0.1) is 0 Å². The summed E-state index contributed by atoms with van der Waals surface area (Å²) >= 11 is 0. The Kier molecular flexibility index (Phi) is 9.29. The molecule has 200 valence electrons. The molecule has 2 fully saturated rings. The lowest BCUT2D eigenvalue weighted by molar-refractivity contribution is -0.152. The molecule has 0 spiro atoms. The molecule has 0 unspecified atom stereocenters. The van der Waals surface area contributed by atoms with Crippen LogP contribution >= 0.6 is 0 Å². The van der Waals surface area contributed by atoms with Crippen LogP contribution < -0.4 is 4.74 Å². The Balaban J connectivity index is 1.27. The minimum Gasteiger partial charge on any atom is -0.482 e. The highest BCUT2D eigenvalue weighted by molar-refractivity contribution is 5.72. The quantitative estimate of drug-likeness (QED) is 0.274. The Hall–Kier alpha value is -2.12. The molecule has 0 amide bonds. The van der Waals surface area contributed by atoms with E-state index in [9.17, 15) is 19.8 Å². The average Bonchev–Trinajstić information content (AvgIpc) is 3.12. The first kappa shape index (κ1) is 26.9. The number of carbonyl (C=O) groups is 2. The van der Waals surface area contributed by atoms with Crippen LogP contribution in [0.5, 0.6) is 5.75 Å². The molecular weight excluding hydrogens is 460 g/mol. The van der Waals surface area contributed by atoms with Crippen molar-refractivity contribution >= 4 is 11.9 Å². The lowest BCUT2D eigenvalue weighted by atomic mass is 9.73. The number of rotatable bonds is 13. The van der Waals surface area contributed by atoms with E-state index in [1.54, 1.807) is 0 Å². The molecule has 0 aromatic heterocycles. The summed E-state index contributed by atoms with van der Waals surface area (Å²) in [6, 6.07) is 5.97. The zero-order valence-corrected chi connectivity index (χ0v) is 21.4. The molecule has 0 radical (unpaired) electrons. The van der Waals surface area contributed by atoms with Crippen molar-refractivity contribution in [2.24, 2.45) is 29.6 Å². The van der Waals surface area contributed by atoms with Crippen LogP contribution in [-0.2, 0) is 27.2 Å². The van der Waals surface area contributed by atoms with E-state index in [1.165, 1.54) is 5.56 Å². The molecular formula is C29H42O7. The highest BCUT2D eigenvalue weighted by Gasteiger charge is 2.45. The number of hydrogen-bond donors (Lipinski definition) is 3. The van der Waals surface area contributed by atoms with Gasteiger partial charge < -0.3 is 24.8 Å². The third kappa shape index (κ3) is 6.60. The van der Waals surface area contributed by atoms with Crippen molar-refractivity contribution in [1.29, 1.82) is 0 Å². The monoisotopic (exact) mass is 502 g/mol. The molecule has 1 aromatic rings. The van der Waals surface area contributed by atoms with Gasteiger partial charge in [-0.25, -0.2) is 4.79 Å². The van der Waals surface area contributed by atoms with Gasteiger partial charge in [-0.1, -0.05) is 38.3 Å². The molecule has 36 heavy (non-hydrogen) atoms. The summed E-state index contributed by atoms with van der Waals surface area (Å²) in [7, 11) is 0. The third-order valence-corrected chi connectivity index (χ3v) is 8.73. The Morgan fingerprint density at radius 2 is 1.92 bits per heavy atom. The predicted octanol–water partition coefficient (Wildman–Crippen LogP) is 4.15. The molecule has 0 bridgehead atoms. The van der Waals surface area contributed by atoms with Crippen molar-refractivity contribution < 1.29 is 34.4 Å². The lowest BCUT2D eigenvalue weighted by Crippen LogP contribution is -2.34. The highest BCUT2D eigenvalue weighted by Crippen LogP contribution is 2.48. The van der Waals surface area contributed by atoms with Crippen LogP contribution in [0.1, 0.15) is 75.8 Å². The van der Waals surface area contributed by atoms with Gasteiger partial charge in [0, 0.05) is 0 Å². The van der Waals surface area contributed by atoms with Crippen molar-refractivity contribution in [3.63, 3.8) is 0 Å². The first-order valence-electron chi connectivity index (χ1n) is 13.8. The van der Waals surface area contributed by atoms with Gasteiger partial charge in [-0.2, -0.15) is 0 Å². The van der Waals surface area contributed by atoms with Gasteiger partial charge in [-0.05, 0) is 92.2 Å². The Labute approximate surface area is 214 Å². The number of benzene rings is 1. The molecule has 0 heterocycles. The number of esters is 1. The van der Waals surface area contributed by atoms with E-state index in [0.717, 1.165) is 63.4 Å². The Bertz CT molecular complexity index is 894. The first-order valence-corrected chi connectivity index (χ1v) is 13.8. The molecule has 0 aliphatic heterocycles. The van der Waals surface area contributed by atoms with Crippen LogP contribution in [0.15, 0.2) is 18.2 Å². The summed E-state index contributed by atoms with van der Waals surface area (Å²) in [5.41, 5.74) is 2.35. The number of carboxylic acid groups (broad SMARTS) is 1. The molecule has 5 atom stereocenters. The van der Waals surface area contributed by atoms with Crippen molar-refractivity contribution in [2.75, 3.05) is 13.2 Å². The smallest absolute Gasteiger partial charge is 0.344 e. The maximum atomic E-state index is 12.2. The van der Waals surface area contributed by atoms with E-state index in [-0.39, 0.29) is 43.2 Å². The van der Waals surface area contributed by atoms with Gasteiger partial charge in [-0.3, -0.25) is 4.79 Å². The number of ether oxygens (including phenoxy) is 2. The summed E-state index contributed by atoms with van der Waals surface area (Å²) in [6.45, 7) is 2.25. The van der Waals surface area contributed by atoms with Gasteiger partial charge in [0.2, 0.25) is 0 Å². The number of aliphatic carboxylic acids is 1. The average molecular weight is 503 g/mol. The molecule has 4 rings (SSSR count). The van der Waals surface area contributed by atoms with Crippen LogP contribution in [0.3, 0.4) is 0 Å². The SMILES string of the molecule is CCCCC[C@H](O)CC[C@@H]1[C@H]2Cc3cccc(OCC(=O)OCC4CC(C(=O)O)C4)c3C[C@H]2C[C@H]1O. The van der Waals surface area contributed by atoms with Crippen molar-refractivity contribution in [2.45, 2.75) is 89.8 Å². The van der Waals surface area contributed by atoms with E-state index in [4.69, 9.17) is 14.6 Å². The summed E-state index contributed by atoms with van der Waals surface area (Å²) in [4.78, 5) is 23.1. The van der Waals surface area contributed by atoms with Crippen molar-refractivity contribution in [1.82, 2.24) is 0 Å². The van der Waals surface area contributed by atoms with E-state index in [1.807, 2.05) is 12.1 Å². The van der Waals surface area contributed by atoms with Gasteiger partial charge in [0.1, 0.15) is 5.75 Å². The number of unbranched alkanes of at least 4 members (excludes halogenated alkanes) is 2. The molecule has 1 aromatic carbocycles. The van der Waals surface area contributed by atoms with Gasteiger partial charge >= 0.3 is 11.9 Å². The first-order chi connectivity index (χ1) is 17.4. The number of aliphatic hydroxyl groups excluding tert-OH is 2. The topological polar surface area (TPSA) is 113 Å². The number of hydrogen-bond acceptors (Lipinski definition) is 6. The molecule has 3 N–H and O–H groups in total. The van der Waals surface area contributed by atoms with Crippen LogP contribution in [-0.4, -0.2) is 52.7 Å². The standard InChI is InChI=1S/C29H42O7/c1-2-3-4-7-22(30)9-10-23-24-13-19-6-5-8-27(25(19)14-20(24)15-26(23)31)35-17-28(32)36-16-18-11-21(12-18)29(33)34/h5-6,8,18,20-24,26,30-31H,2-4,7,9-17H2,1H3,(H,33,34)/t18?,20-,21?,22-,23+,24-,26+/m0/s1. The number of carbonyl (C=O) groups excluding carboxylic acids is 1. The maximum absolute atomic E-state index is 12.2. The minimum absolute atomic E-state index is 0.121. The molecule has 3 aliphatic carbocycles. The van der Waals surface area contributed by atoms with E-state index < -0.39 is 11.9 Å². The van der Waals surface area contributed by atoms with Crippen LogP contribution in [0.25, 0.3) is 0 Å². The Morgan fingerprint density at radius 1 is 1.11 bits per heavy atom.